The van der Waals surface area contributed by atoms with Crippen molar-refractivity contribution in [2.45, 2.75) is 30.8 Å². The molecule has 0 bridgehead atoms. The molecule has 1 heterocycles. The summed E-state index contributed by atoms with van der Waals surface area (Å²) in [5.74, 6) is 0. The van der Waals surface area contributed by atoms with E-state index in [4.69, 9.17) is 5.73 Å². The summed E-state index contributed by atoms with van der Waals surface area (Å²) in [7, 11) is 3.60. The van der Waals surface area contributed by atoms with E-state index in [1.54, 1.807) is 14.1 Å². The Labute approximate surface area is 99.2 Å². The first-order valence-corrected chi connectivity index (χ1v) is 5.61. The Morgan fingerprint density at radius 2 is 2.06 bits per heavy atom. The molecule has 17 heavy (non-hydrogen) atoms. The summed E-state index contributed by atoms with van der Waals surface area (Å²) < 4.78 is 38.4. The lowest BCUT2D eigenvalue weighted by atomic mass is 10.1. The van der Waals surface area contributed by atoms with Gasteiger partial charge in [0, 0.05) is 25.7 Å². The maximum atomic E-state index is 12.8. The second-order valence-electron chi connectivity index (χ2n) is 4.80. The minimum Gasteiger partial charge on any atom is -0.392 e. The lowest BCUT2D eigenvalue weighted by Crippen LogP contribution is -2.54. The second-order valence-corrected chi connectivity index (χ2v) is 4.80. The molecule has 0 saturated carbocycles. The maximum absolute atomic E-state index is 12.8. The Kier molecular flexibility index (Phi) is 4.77. The average molecular weight is 255 g/mol. The SMILES string of the molecule is CN(C)CC1CC(O)CN1C(CN)C(F)(F)F. The van der Waals surface area contributed by atoms with E-state index in [9.17, 15) is 18.3 Å². The predicted molar refractivity (Wildman–Crippen MR) is 58.6 cm³/mol. The number of aliphatic hydroxyl groups excluding tert-OH is 1. The molecule has 4 nitrogen and oxygen atoms in total. The predicted octanol–water partition coefficient (Wildman–Crippen LogP) is -0.127. The number of nitrogens with zero attached hydrogens (tertiary/aromatic N) is 2. The summed E-state index contributed by atoms with van der Waals surface area (Å²) in [4.78, 5) is 3.10. The standard InChI is InChI=1S/C10H20F3N3O/c1-15(2)5-7-3-8(17)6-16(7)9(4-14)10(11,12)13/h7-9,17H,3-6,14H2,1-2H3. The molecule has 1 aliphatic rings. The summed E-state index contributed by atoms with van der Waals surface area (Å²) in [6, 6.07) is -1.96. The number of halogens is 3. The molecule has 7 heteroatoms. The molecule has 0 aromatic heterocycles. The lowest BCUT2D eigenvalue weighted by Gasteiger charge is -2.34. The number of alkyl halides is 3. The van der Waals surface area contributed by atoms with Crippen molar-refractivity contribution in [2.75, 3.05) is 33.7 Å². The fourth-order valence-corrected chi connectivity index (χ4v) is 2.36. The number of likely N-dealkylation sites (N-methyl/N-ethyl adjacent to an activating group) is 1. The van der Waals surface area contributed by atoms with Crippen molar-refractivity contribution in [3.05, 3.63) is 0 Å². The highest BCUT2D eigenvalue weighted by Crippen LogP contribution is 2.30. The van der Waals surface area contributed by atoms with Crippen LogP contribution >= 0.6 is 0 Å². The Morgan fingerprint density at radius 1 is 1.47 bits per heavy atom. The van der Waals surface area contributed by atoms with E-state index in [-0.39, 0.29) is 12.6 Å². The van der Waals surface area contributed by atoms with E-state index in [1.165, 1.54) is 4.90 Å². The summed E-state index contributed by atoms with van der Waals surface area (Å²) in [6.45, 7) is 0.0592. The van der Waals surface area contributed by atoms with Crippen LogP contribution in [0.25, 0.3) is 0 Å². The van der Waals surface area contributed by atoms with Crippen molar-refractivity contribution in [3.63, 3.8) is 0 Å². The van der Waals surface area contributed by atoms with Crippen LogP contribution in [0.4, 0.5) is 13.2 Å². The molecular weight excluding hydrogens is 235 g/mol. The van der Waals surface area contributed by atoms with Gasteiger partial charge in [-0.05, 0) is 20.5 Å². The first-order valence-electron chi connectivity index (χ1n) is 5.61. The van der Waals surface area contributed by atoms with Crippen molar-refractivity contribution in [1.29, 1.82) is 0 Å². The second kappa shape index (κ2) is 5.51. The Morgan fingerprint density at radius 3 is 2.47 bits per heavy atom. The molecule has 0 amide bonds. The molecule has 3 N–H and O–H groups in total. The van der Waals surface area contributed by atoms with Crippen LogP contribution in [-0.2, 0) is 0 Å². The fourth-order valence-electron chi connectivity index (χ4n) is 2.36. The van der Waals surface area contributed by atoms with Crippen LogP contribution in [0.3, 0.4) is 0 Å². The number of hydrogen-bond acceptors (Lipinski definition) is 4. The van der Waals surface area contributed by atoms with Gasteiger partial charge in [-0.15, -0.1) is 0 Å². The maximum Gasteiger partial charge on any atom is 0.405 e. The highest BCUT2D eigenvalue weighted by Gasteiger charge is 2.47. The van der Waals surface area contributed by atoms with Crippen LogP contribution in [0.1, 0.15) is 6.42 Å². The minimum atomic E-state index is -4.34. The van der Waals surface area contributed by atoms with Crippen LogP contribution in [0.15, 0.2) is 0 Å². The van der Waals surface area contributed by atoms with Crippen LogP contribution in [0, 0.1) is 0 Å². The molecular formula is C10H20F3N3O. The van der Waals surface area contributed by atoms with Crippen LogP contribution in [-0.4, -0.2) is 73.0 Å². The van der Waals surface area contributed by atoms with E-state index < -0.39 is 24.9 Å². The van der Waals surface area contributed by atoms with Gasteiger partial charge in [-0.3, -0.25) is 4.90 Å². The van der Waals surface area contributed by atoms with Crippen molar-refractivity contribution in [3.8, 4) is 0 Å². The van der Waals surface area contributed by atoms with Gasteiger partial charge in [0.15, 0.2) is 0 Å². The van der Waals surface area contributed by atoms with E-state index in [2.05, 4.69) is 0 Å². The van der Waals surface area contributed by atoms with Crippen molar-refractivity contribution in [1.82, 2.24) is 9.80 Å². The third-order valence-corrected chi connectivity index (χ3v) is 3.01. The molecule has 3 atom stereocenters. The zero-order valence-electron chi connectivity index (χ0n) is 10.1. The lowest BCUT2D eigenvalue weighted by molar-refractivity contribution is -0.184. The van der Waals surface area contributed by atoms with E-state index in [0.717, 1.165) is 0 Å². The number of likely N-dealkylation sites (tertiary alicyclic amines) is 1. The highest BCUT2D eigenvalue weighted by molar-refractivity contribution is 4.93. The van der Waals surface area contributed by atoms with Gasteiger partial charge in [0.1, 0.15) is 6.04 Å². The van der Waals surface area contributed by atoms with Crippen LogP contribution < -0.4 is 5.73 Å². The molecule has 0 spiro atoms. The van der Waals surface area contributed by atoms with Gasteiger partial charge in [0.2, 0.25) is 0 Å². The number of β-amino-alcohol motifs (C(OH)–C–C–N with tert-alkyl or cyclic N) is 1. The van der Waals surface area contributed by atoms with E-state index in [0.29, 0.717) is 13.0 Å². The quantitative estimate of drug-likeness (QED) is 0.735. The third kappa shape index (κ3) is 3.80. The largest absolute Gasteiger partial charge is 0.405 e. The van der Waals surface area contributed by atoms with E-state index in [1.807, 2.05) is 4.90 Å². The van der Waals surface area contributed by atoms with Gasteiger partial charge in [0.05, 0.1) is 6.10 Å². The highest BCUT2D eigenvalue weighted by atomic mass is 19.4. The molecule has 1 rings (SSSR count). The monoisotopic (exact) mass is 255 g/mol. The zero-order valence-corrected chi connectivity index (χ0v) is 10.1. The molecule has 0 aromatic rings. The topological polar surface area (TPSA) is 52.7 Å². The first-order chi connectivity index (χ1) is 7.75. The van der Waals surface area contributed by atoms with Crippen LogP contribution in [0.5, 0.6) is 0 Å². The third-order valence-electron chi connectivity index (χ3n) is 3.01. The van der Waals surface area contributed by atoms with Gasteiger partial charge >= 0.3 is 6.18 Å². The normalized spacial score (nSPS) is 28.9. The van der Waals surface area contributed by atoms with Crippen molar-refractivity contribution >= 4 is 0 Å². The number of rotatable bonds is 4. The van der Waals surface area contributed by atoms with Crippen molar-refractivity contribution in [2.24, 2.45) is 5.73 Å². The molecule has 0 aliphatic carbocycles. The molecule has 1 fully saturated rings. The van der Waals surface area contributed by atoms with Gasteiger partial charge in [-0.1, -0.05) is 0 Å². The van der Waals surface area contributed by atoms with Crippen molar-refractivity contribution < 1.29 is 18.3 Å². The van der Waals surface area contributed by atoms with Crippen LogP contribution in [0.2, 0.25) is 0 Å². The molecule has 0 aromatic carbocycles. The van der Waals surface area contributed by atoms with Gasteiger partial charge in [0.25, 0.3) is 0 Å². The summed E-state index contributed by atoms with van der Waals surface area (Å²) >= 11 is 0. The first kappa shape index (κ1) is 14.7. The summed E-state index contributed by atoms with van der Waals surface area (Å²) in [5.41, 5.74) is 5.22. The summed E-state index contributed by atoms with van der Waals surface area (Å²) in [5, 5.41) is 9.52. The summed E-state index contributed by atoms with van der Waals surface area (Å²) in [6.07, 6.45) is -4.68. The number of aliphatic hydroxyl groups is 1. The smallest absolute Gasteiger partial charge is 0.392 e. The van der Waals surface area contributed by atoms with Gasteiger partial charge in [-0.25, -0.2) is 0 Å². The zero-order chi connectivity index (χ0) is 13.2. The molecule has 3 unspecified atom stereocenters. The molecule has 1 saturated heterocycles. The van der Waals surface area contributed by atoms with Gasteiger partial charge < -0.3 is 15.7 Å². The average Bonchev–Trinajstić information content (AvgIpc) is 2.44. The Balaban J connectivity index is 2.77. The van der Waals surface area contributed by atoms with Gasteiger partial charge in [-0.2, -0.15) is 13.2 Å². The molecule has 1 aliphatic heterocycles. The molecule has 0 radical (unpaired) electrons. The number of nitrogens with two attached hydrogens (primary N) is 1. The number of hydrogen-bond donors (Lipinski definition) is 2. The Hall–Kier alpha value is -0.370. The Bertz CT molecular complexity index is 247. The fraction of sp³-hybridized carbons (Fsp3) is 1.00. The molecule has 102 valence electrons. The minimum absolute atomic E-state index is 0.0416. The van der Waals surface area contributed by atoms with E-state index >= 15 is 0 Å².